The molecule has 9 heteroatoms. The summed E-state index contributed by atoms with van der Waals surface area (Å²) in [6.45, 7) is 4.94. The number of nitrogens with zero attached hydrogens (tertiary/aromatic N) is 1. The Morgan fingerprint density at radius 3 is 2.34 bits per heavy atom. The molecule has 0 aromatic heterocycles. The van der Waals surface area contributed by atoms with E-state index < -0.39 is 29.3 Å². The summed E-state index contributed by atoms with van der Waals surface area (Å²) in [6, 6.07) is 12.7. The van der Waals surface area contributed by atoms with E-state index in [1.54, 1.807) is 51.1 Å². The van der Waals surface area contributed by atoms with E-state index in [1.807, 2.05) is 6.07 Å². The van der Waals surface area contributed by atoms with Gasteiger partial charge in [0.2, 0.25) is 5.96 Å². The highest BCUT2D eigenvalue weighted by Crippen LogP contribution is 2.34. The summed E-state index contributed by atoms with van der Waals surface area (Å²) in [6.07, 6.45) is -0.932. The Labute approximate surface area is 167 Å². The standard InChI is InChI=1S/C20H20N4O5/c1-20(2,3)29-19(27)24-18(22)23-17(26)15-14(25)10-9-12(11-21)16(15)28-13-7-5-4-6-8-13/h4-10,25H,1-3H3,(H3,22,23,24,26,27). The highest BCUT2D eigenvalue weighted by Gasteiger charge is 2.24. The van der Waals surface area contributed by atoms with Crippen LogP contribution in [-0.4, -0.2) is 28.7 Å². The van der Waals surface area contributed by atoms with Gasteiger partial charge in [-0.15, -0.1) is 0 Å². The summed E-state index contributed by atoms with van der Waals surface area (Å²) in [7, 11) is 0. The zero-order valence-electron chi connectivity index (χ0n) is 16.1. The molecule has 0 atom stereocenters. The van der Waals surface area contributed by atoms with Gasteiger partial charge in [0.15, 0.2) is 5.75 Å². The molecule has 9 nitrogen and oxygen atoms in total. The first-order valence-corrected chi connectivity index (χ1v) is 8.49. The number of carbonyl (C=O) groups is 2. The van der Waals surface area contributed by atoms with Crippen LogP contribution >= 0.6 is 0 Å². The van der Waals surface area contributed by atoms with E-state index in [2.05, 4.69) is 10.6 Å². The normalized spacial score (nSPS) is 10.4. The van der Waals surface area contributed by atoms with Crippen molar-refractivity contribution in [2.45, 2.75) is 26.4 Å². The van der Waals surface area contributed by atoms with Crippen molar-refractivity contribution in [3.8, 4) is 23.3 Å². The van der Waals surface area contributed by atoms with Gasteiger partial charge in [0.25, 0.3) is 5.91 Å². The van der Waals surface area contributed by atoms with Crippen molar-refractivity contribution in [2.75, 3.05) is 0 Å². The zero-order valence-corrected chi connectivity index (χ0v) is 16.1. The number of aromatic hydroxyl groups is 1. The maximum absolute atomic E-state index is 12.6. The molecule has 2 rings (SSSR count). The van der Waals surface area contributed by atoms with Gasteiger partial charge >= 0.3 is 6.09 Å². The summed E-state index contributed by atoms with van der Waals surface area (Å²) < 4.78 is 10.6. The molecule has 0 spiro atoms. The Morgan fingerprint density at radius 2 is 1.76 bits per heavy atom. The molecule has 0 radical (unpaired) electrons. The van der Waals surface area contributed by atoms with Crippen LogP contribution in [0.5, 0.6) is 17.2 Å². The quantitative estimate of drug-likeness (QED) is 0.463. The fourth-order valence-corrected chi connectivity index (χ4v) is 2.21. The molecule has 150 valence electrons. The largest absolute Gasteiger partial charge is 0.507 e. The number of benzene rings is 2. The number of guanidine groups is 1. The number of hydrogen-bond acceptors (Lipinski definition) is 7. The van der Waals surface area contributed by atoms with Crippen LogP contribution in [0.4, 0.5) is 4.79 Å². The third-order valence-corrected chi connectivity index (χ3v) is 3.31. The van der Waals surface area contributed by atoms with Crippen LogP contribution in [0.1, 0.15) is 36.7 Å². The molecular formula is C20H20N4O5. The van der Waals surface area contributed by atoms with Crippen molar-refractivity contribution in [2.24, 2.45) is 0 Å². The lowest BCUT2D eigenvalue weighted by molar-refractivity contribution is 0.0561. The first kappa shape index (κ1) is 21.2. The van der Waals surface area contributed by atoms with Crippen LogP contribution in [0.3, 0.4) is 0 Å². The molecule has 2 aromatic rings. The molecule has 2 amide bonds. The third-order valence-electron chi connectivity index (χ3n) is 3.31. The molecule has 29 heavy (non-hydrogen) atoms. The minimum atomic E-state index is -0.952. The van der Waals surface area contributed by atoms with E-state index >= 15 is 0 Å². The number of hydrogen-bond donors (Lipinski definition) is 4. The highest BCUT2D eigenvalue weighted by atomic mass is 16.6. The van der Waals surface area contributed by atoms with Crippen molar-refractivity contribution in [1.29, 1.82) is 10.7 Å². The molecule has 0 saturated carbocycles. The number of ether oxygens (including phenoxy) is 2. The number of amides is 2. The van der Waals surface area contributed by atoms with E-state index in [0.29, 0.717) is 5.75 Å². The van der Waals surface area contributed by atoms with Crippen LogP contribution in [0.25, 0.3) is 0 Å². The fourth-order valence-electron chi connectivity index (χ4n) is 2.21. The predicted octanol–water partition coefficient (Wildman–Crippen LogP) is 3.25. The summed E-state index contributed by atoms with van der Waals surface area (Å²) in [4.78, 5) is 24.3. The maximum atomic E-state index is 12.6. The van der Waals surface area contributed by atoms with E-state index in [0.717, 1.165) is 6.07 Å². The maximum Gasteiger partial charge on any atom is 0.414 e. The molecule has 0 fully saturated rings. The number of alkyl carbamates (subject to hydrolysis) is 1. The summed E-state index contributed by atoms with van der Waals surface area (Å²) in [5.74, 6) is -1.92. The molecule has 0 aliphatic heterocycles. The Bertz CT molecular complexity index is 975. The van der Waals surface area contributed by atoms with Crippen LogP contribution in [0, 0.1) is 16.7 Å². The van der Waals surface area contributed by atoms with Crippen molar-refractivity contribution in [3.05, 3.63) is 53.6 Å². The van der Waals surface area contributed by atoms with Crippen LogP contribution in [0.2, 0.25) is 0 Å². The number of phenolic OH excluding ortho intramolecular Hbond substituents is 1. The lowest BCUT2D eigenvalue weighted by Crippen LogP contribution is -2.45. The average Bonchev–Trinajstić information content (AvgIpc) is 2.60. The minimum absolute atomic E-state index is 0.00318. The second-order valence-electron chi connectivity index (χ2n) is 6.82. The Morgan fingerprint density at radius 1 is 1.10 bits per heavy atom. The van der Waals surface area contributed by atoms with Crippen molar-refractivity contribution in [3.63, 3.8) is 0 Å². The second-order valence-corrected chi connectivity index (χ2v) is 6.82. The Kier molecular flexibility index (Phi) is 6.41. The molecule has 0 saturated heterocycles. The number of para-hydroxylation sites is 1. The van der Waals surface area contributed by atoms with E-state index in [1.165, 1.54) is 6.07 Å². The molecule has 0 heterocycles. The number of nitrogens with one attached hydrogen (secondary N) is 3. The summed E-state index contributed by atoms with van der Waals surface area (Å²) in [5, 5.41) is 31.4. The molecule has 0 unspecified atom stereocenters. The fraction of sp³-hybridized carbons (Fsp3) is 0.200. The first-order valence-electron chi connectivity index (χ1n) is 8.49. The highest BCUT2D eigenvalue weighted by molar-refractivity contribution is 6.10. The van der Waals surface area contributed by atoms with E-state index in [9.17, 15) is 20.0 Å². The van der Waals surface area contributed by atoms with Gasteiger partial charge in [0, 0.05) is 0 Å². The summed E-state index contributed by atoms with van der Waals surface area (Å²) in [5.41, 5.74) is -1.14. The van der Waals surface area contributed by atoms with Gasteiger partial charge in [-0.25, -0.2) is 4.79 Å². The summed E-state index contributed by atoms with van der Waals surface area (Å²) >= 11 is 0. The van der Waals surface area contributed by atoms with Gasteiger partial charge < -0.3 is 14.6 Å². The number of phenols is 1. The zero-order chi connectivity index (χ0) is 21.6. The number of rotatable bonds is 3. The topological polar surface area (TPSA) is 145 Å². The third kappa shape index (κ3) is 5.97. The molecular weight excluding hydrogens is 376 g/mol. The SMILES string of the molecule is CC(C)(C)OC(=O)NC(=N)NC(=O)c1c(O)ccc(C#N)c1Oc1ccccc1. The van der Waals surface area contributed by atoms with Gasteiger partial charge in [-0.3, -0.25) is 20.8 Å². The molecule has 0 aliphatic rings. The monoisotopic (exact) mass is 396 g/mol. The number of nitriles is 1. The van der Waals surface area contributed by atoms with Gasteiger partial charge in [0.05, 0.1) is 5.56 Å². The first-order chi connectivity index (χ1) is 13.6. The van der Waals surface area contributed by atoms with E-state index in [4.69, 9.17) is 14.9 Å². The molecule has 0 bridgehead atoms. The van der Waals surface area contributed by atoms with Gasteiger partial charge in [0.1, 0.15) is 28.7 Å². The van der Waals surface area contributed by atoms with Crippen LogP contribution in [-0.2, 0) is 4.74 Å². The predicted molar refractivity (Wildman–Crippen MR) is 104 cm³/mol. The van der Waals surface area contributed by atoms with Gasteiger partial charge in [-0.1, -0.05) is 18.2 Å². The molecule has 2 aromatic carbocycles. The van der Waals surface area contributed by atoms with Crippen molar-refractivity contribution >= 4 is 18.0 Å². The van der Waals surface area contributed by atoms with Crippen LogP contribution in [0.15, 0.2) is 42.5 Å². The van der Waals surface area contributed by atoms with Crippen molar-refractivity contribution in [1.82, 2.24) is 10.6 Å². The second kappa shape index (κ2) is 8.75. The number of carbonyl (C=O) groups excluding carboxylic acids is 2. The van der Waals surface area contributed by atoms with E-state index in [-0.39, 0.29) is 16.9 Å². The Hall–Kier alpha value is -4.06. The van der Waals surface area contributed by atoms with Gasteiger partial charge in [-0.05, 0) is 45.0 Å². The average molecular weight is 396 g/mol. The van der Waals surface area contributed by atoms with Crippen molar-refractivity contribution < 1.29 is 24.2 Å². The Balaban J connectivity index is 2.26. The smallest absolute Gasteiger partial charge is 0.414 e. The molecule has 4 N–H and O–H groups in total. The van der Waals surface area contributed by atoms with Gasteiger partial charge in [-0.2, -0.15) is 5.26 Å². The lowest BCUT2D eigenvalue weighted by atomic mass is 10.1. The lowest BCUT2D eigenvalue weighted by Gasteiger charge is -2.20. The molecule has 0 aliphatic carbocycles. The van der Waals surface area contributed by atoms with Crippen LogP contribution < -0.4 is 15.4 Å². The minimum Gasteiger partial charge on any atom is -0.507 e.